The lowest BCUT2D eigenvalue weighted by atomic mass is 10.1. The van der Waals surface area contributed by atoms with E-state index >= 15 is 0 Å². The highest BCUT2D eigenvalue weighted by Crippen LogP contribution is 2.18. The fourth-order valence-electron chi connectivity index (χ4n) is 1.14. The maximum Gasteiger partial charge on any atom is 0.232 e. The van der Waals surface area contributed by atoms with Crippen LogP contribution in [0.2, 0.25) is 0 Å². The van der Waals surface area contributed by atoms with E-state index in [4.69, 9.17) is 11.6 Å². The van der Waals surface area contributed by atoms with Gasteiger partial charge in [0, 0.05) is 6.20 Å². The molecule has 6 heteroatoms. The molecule has 0 aliphatic rings. The molecule has 0 aliphatic heterocycles. The van der Waals surface area contributed by atoms with E-state index in [1.807, 2.05) is 12.3 Å². The van der Waals surface area contributed by atoms with E-state index < -0.39 is 0 Å². The third-order valence-electron chi connectivity index (χ3n) is 1.97. The number of aromatic nitrogens is 4. The first-order chi connectivity index (χ1) is 7.20. The van der Waals surface area contributed by atoms with Crippen molar-refractivity contribution in [3.63, 3.8) is 0 Å². The highest BCUT2D eigenvalue weighted by Gasteiger charge is 2.08. The largest absolute Gasteiger partial charge is 0.232 e. The number of rotatable bonds is 3. The highest BCUT2D eigenvalue weighted by atomic mass is 35.5. The Morgan fingerprint density at radius 3 is 2.80 bits per heavy atom. The van der Waals surface area contributed by atoms with Crippen molar-refractivity contribution in [3.05, 3.63) is 23.0 Å². The molecule has 2 aromatic rings. The van der Waals surface area contributed by atoms with E-state index in [1.165, 1.54) is 11.3 Å². The van der Waals surface area contributed by atoms with Crippen LogP contribution in [0.3, 0.4) is 0 Å². The summed E-state index contributed by atoms with van der Waals surface area (Å²) in [5.74, 6) is 0.822. The van der Waals surface area contributed by atoms with Crippen LogP contribution in [0.5, 0.6) is 0 Å². The second-order valence-electron chi connectivity index (χ2n) is 3.45. The molecular weight excluding hydrogens is 232 g/mol. The molecule has 15 heavy (non-hydrogen) atoms. The first-order valence-electron chi connectivity index (χ1n) is 4.65. The Hall–Kier alpha value is -0.940. The van der Waals surface area contributed by atoms with Crippen molar-refractivity contribution >= 4 is 22.9 Å². The quantitative estimate of drug-likeness (QED) is 0.777. The zero-order chi connectivity index (χ0) is 10.8. The van der Waals surface area contributed by atoms with Crippen molar-refractivity contribution < 1.29 is 0 Å². The predicted octanol–water partition coefficient (Wildman–Crippen LogP) is 2.59. The average Bonchev–Trinajstić information content (AvgIpc) is 2.86. The molecule has 0 atom stereocenters. The van der Waals surface area contributed by atoms with E-state index in [2.05, 4.69) is 29.1 Å². The van der Waals surface area contributed by atoms with Gasteiger partial charge < -0.3 is 0 Å². The van der Waals surface area contributed by atoms with Gasteiger partial charge in [0.25, 0.3) is 0 Å². The number of nitrogens with zero attached hydrogens (tertiary/aromatic N) is 4. The van der Waals surface area contributed by atoms with E-state index in [1.54, 1.807) is 4.68 Å². The van der Waals surface area contributed by atoms with Gasteiger partial charge in [-0.3, -0.25) is 0 Å². The molecule has 0 fully saturated rings. The standard InChI is InChI=1S/C9H11ClN4S/c1-6(2)7-3-4-14(13-7)9-12-11-8(5-10)15-9/h3-4,6H,5H2,1-2H3. The summed E-state index contributed by atoms with van der Waals surface area (Å²) in [4.78, 5) is 0. The Morgan fingerprint density at radius 1 is 1.47 bits per heavy atom. The minimum atomic E-state index is 0.399. The van der Waals surface area contributed by atoms with Gasteiger partial charge in [-0.15, -0.1) is 21.8 Å². The average molecular weight is 243 g/mol. The molecule has 0 spiro atoms. The molecule has 4 nitrogen and oxygen atoms in total. The van der Waals surface area contributed by atoms with Crippen molar-refractivity contribution in [1.29, 1.82) is 0 Å². The molecule has 0 saturated carbocycles. The summed E-state index contributed by atoms with van der Waals surface area (Å²) in [5, 5.41) is 13.9. The summed E-state index contributed by atoms with van der Waals surface area (Å²) >= 11 is 7.12. The molecule has 0 aliphatic carbocycles. The Balaban J connectivity index is 2.28. The Bertz CT molecular complexity index is 448. The smallest absolute Gasteiger partial charge is 0.212 e. The predicted molar refractivity (Wildman–Crippen MR) is 60.7 cm³/mol. The molecular formula is C9H11ClN4S. The second-order valence-corrected chi connectivity index (χ2v) is 4.76. The molecule has 0 unspecified atom stereocenters. The summed E-state index contributed by atoms with van der Waals surface area (Å²) in [7, 11) is 0. The van der Waals surface area contributed by atoms with Crippen molar-refractivity contribution in [3.8, 4) is 5.13 Å². The topological polar surface area (TPSA) is 43.6 Å². The van der Waals surface area contributed by atoms with Crippen LogP contribution < -0.4 is 0 Å². The van der Waals surface area contributed by atoms with Crippen molar-refractivity contribution in [1.82, 2.24) is 20.0 Å². The zero-order valence-electron chi connectivity index (χ0n) is 8.51. The van der Waals surface area contributed by atoms with Gasteiger partial charge in [-0.05, 0) is 12.0 Å². The first-order valence-corrected chi connectivity index (χ1v) is 6.00. The third-order valence-corrected chi connectivity index (χ3v) is 3.29. The van der Waals surface area contributed by atoms with Crippen molar-refractivity contribution in [2.24, 2.45) is 0 Å². The molecule has 0 aromatic carbocycles. The second kappa shape index (κ2) is 4.28. The molecule has 2 heterocycles. The monoisotopic (exact) mass is 242 g/mol. The van der Waals surface area contributed by atoms with Gasteiger partial charge in [-0.1, -0.05) is 25.2 Å². The van der Waals surface area contributed by atoms with Crippen LogP contribution in [0.15, 0.2) is 12.3 Å². The van der Waals surface area contributed by atoms with Gasteiger partial charge in [0.2, 0.25) is 5.13 Å². The number of alkyl halides is 1. The Morgan fingerprint density at radius 2 is 2.27 bits per heavy atom. The summed E-state index contributed by atoms with van der Waals surface area (Å²) in [5.41, 5.74) is 1.05. The summed E-state index contributed by atoms with van der Waals surface area (Å²) in [6.45, 7) is 4.22. The minimum absolute atomic E-state index is 0.399. The van der Waals surface area contributed by atoms with Crippen LogP contribution >= 0.6 is 22.9 Å². The summed E-state index contributed by atoms with van der Waals surface area (Å²) < 4.78 is 1.74. The molecule has 80 valence electrons. The number of hydrogen-bond acceptors (Lipinski definition) is 4. The molecule has 2 aromatic heterocycles. The highest BCUT2D eigenvalue weighted by molar-refractivity contribution is 7.13. The van der Waals surface area contributed by atoms with Crippen molar-refractivity contribution in [2.45, 2.75) is 25.6 Å². The number of halogens is 1. The molecule has 2 rings (SSSR count). The SMILES string of the molecule is CC(C)c1ccn(-c2nnc(CCl)s2)n1. The van der Waals surface area contributed by atoms with Crippen molar-refractivity contribution in [2.75, 3.05) is 0 Å². The van der Waals surface area contributed by atoms with Gasteiger partial charge in [-0.2, -0.15) is 5.10 Å². The zero-order valence-corrected chi connectivity index (χ0v) is 10.1. The maximum absolute atomic E-state index is 5.66. The van der Waals surface area contributed by atoms with Gasteiger partial charge in [0.1, 0.15) is 5.01 Å². The van der Waals surface area contributed by atoms with E-state index in [0.29, 0.717) is 11.8 Å². The summed E-state index contributed by atoms with van der Waals surface area (Å²) in [6, 6.07) is 1.99. The van der Waals surface area contributed by atoms with E-state index in [0.717, 1.165) is 15.8 Å². The summed E-state index contributed by atoms with van der Waals surface area (Å²) in [6.07, 6.45) is 1.90. The number of hydrogen-bond donors (Lipinski definition) is 0. The van der Waals surface area contributed by atoms with E-state index in [9.17, 15) is 0 Å². The van der Waals surface area contributed by atoms with Crippen LogP contribution in [0.1, 0.15) is 30.5 Å². The normalized spacial score (nSPS) is 11.2. The van der Waals surface area contributed by atoms with Crippen LogP contribution in [0.4, 0.5) is 0 Å². The molecule has 0 saturated heterocycles. The van der Waals surface area contributed by atoms with Crippen LogP contribution in [-0.4, -0.2) is 20.0 Å². The van der Waals surface area contributed by atoms with Gasteiger partial charge >= 0.3 is 0 Å². The molecule has 0 bridgehead atoms. The van der Waals surface area contributed by atoms with Crippen LogP contribution in [0.25, 0.3) is 5.13 Å². The first kappa shape index (κ1) is 10.6. The molecule has 0 amide bonds. The Labute approximate surface area is 96.9 Å². The molecule has 0 radical (unpaired) electrons. The fourth-order valence-corrected chi connectivity index (χ4v) is 1.98. The third kappa shape index (κ3) is 2.18. The lowest BCUT2D eigenvalue weighted by Gasteiger charge is -1.97. The van der Waals surface area contributed by atoms with E-state index in [-0.39, 0.29) is 0 Å². The Kier molecular flexibility index (Phi) is 3.02. The maximum atomic E-state index is 5.66. The lowest BCUT2D eigenvalue weighted by Crippen LogP contribution is -1.96. The van der Waals surface area contributed by atoms with Gasteiger partial charge in [0.15, 0.2) is 0 Å². The van der Waals surface area contributed by atoms with Gasteiger partial charge in [0.05, 0.1) is 11.6 Å². The van der Waals surface area contributed by atoms with Crippen LogP contribution in [0, 0.1) is 0 Å². The van der Waals surface area contributed by atoms with Gasteiger partial charge in [-0.25, -0.2) is 4.68 Å². The van der Waals surface area contributed by atoms with Crippen LogP contribution in [-0.2, 0) is 5.88 Å². The fraction of sp³-hybridized carbons (Fsp3) is 0.444. The minimum Gasteiger partial charge on any atom is -0.212 e. The lowest BCUT2D eigenvalue weighted by molar-refractivity contribution is 0.759. The molecule has 0 N–H and O–H groups in total.